The highest BCUT2D eigenvalue weighted by molar-refractivity contribution is 7.21. The Bertz CT molecular complexity index is 847. The lowest BCUT2D eigenvalue weighted by molar-refractivity contribution is 0.356. The smallest absolute Gasteiger partial charge is 0.279 e. The Morgan fingerprint density at radius 3 is 2.52 bits per heavy atom. The van der Waals surface area contributed by atoms with Crippen LogP contribution in [0.15, 0.2) is 41.3 Å². The van der Waals surface area contributed by atoms with Gasteiger partial charge in [0, 0.05) is 17.0 Å². The second-order valence-corrected chi connectivity index (χ2v) is 5.27. The highest BCUT2D eigenvalue weighted by Crippen LogP contribution is 2.34. The van der Waals surface area contributed by atoms with Crippen LogP contribution in [0.2, 0.25) is 0 Å². The van der Waals surface area contributed by atoms with E-state index in [4.69, 9.17) is 9.47 Å². The predicted molar refractivity (Wildman–Crippen MR) is 82.2 cm³/mol. The number of ether oxygens (including phenoxy) is 2. The van der Waals surface area contributed by atoms with Crippen molar-refractivity contribution in [3.8, 4) is 22.2 Å². The number of methoxy groups -OCH3 is 2. The number of rotatable bonds is 3. The lowest BCUT2D eigenvalue weighted by Gasteiger charge is -2.08. The van der Waals surface area contributed by atoms with Gasteiger partial charge in [0.2, 0.25) is 0 Å². The Hall–Kier alpha value is -2.47. The van der Waals surface area contributed by atoms with Crippen LogP contribution in [-0.4, -0.2) is 24.2 Å². The van der Waals surface area contributed by atoms with Crippen molar-refractivity contribution in [2.75, 3.05) is 14.2 Å². The zero-order valence-electron chi connectivity index (χ0n) is 11.5. The highest BCUT2D eigenvalue weighted by Gasteiger charge is 2.12. The molecule has 0 fully saturated rings. The molecule has 0 bridgehead atoms. The van der Waals surface area contributed by atoms with Crippen molar-refractivity contribution in [3.05, 3.63) is 46.9 Å². The molecule has 6 heteroatoms. The Kier molecular flexibility index (Phi) is 3.53. The summed E-state index contributed by atoms with van der Waals surface area (Å²) in [5, 5.41) is 1.10. The maximum absolute atomic E-state index is 12.2. The van der Waals surface area contributed by atoms with E-state index in [-0.39, 0.29) is 5.56 Å². The predicted octanol–water partition coefficient (Wildman–Crippen LogP) is 2.74. The molecule has 2 aromatic heterocycles. The van der Waals surface area contributed by atoms with E-state index in [1.807, 2.05) is 18.2 Å². The van der Waals surface area contributed by atoms with Gasteiger partial charge in [0.25, 0.3) is 5.56 Å². The van der Waals surface area contributed by atoms with Crippen molar-refractivity contribution < 1.29 is 9.47 Å². The zero-order valence-corrected chi connectivity index (χ0v) is 12.3. The summed E-state index contributed by atoms with van der Waals surface area (Å²) in [5.74, 6) is 1.10. The molecule has 0 saturated heterocycles. The summed E-state index contributed by atoms with van der Waals surface area (Å²) in [5.41, 5.74) is 0.377. The largest absolute Gasteiger partial charge is 0.493 e. The van der Waals surface area contributed by atoms with Gasteiger partial charge in [0.15, 0.2) is 11.5 Å². The van der Waals surface area contributed by atoms with Crippen LogP contribution in [-0.2, 0) is 0 Å². The molecule has 0 N–H and O–H groups in total. The van der Waals surface area contributed by atoms with Crippen molar-refractivity contribution in [1.82, 2.24) is 9.97 Å². The summed E-state index contributed by atoms with van der Waals surface area (Å²) in [7, 11) is 3.10. The first kappa shape index (κ1) is 13.5. The number of hydrogen-bond donors (Lipinski definition) is 0. The van der Waals surface area contributed by atoms with Crippen molar-refractivity contribution >= 4 is 21.4 Å². The van der Waals surface area contributed by atoms with Crippen LogP contribution in [0.4, 0.5) is 0 Å². The summed E-state index contributed by atoms with van der Waals surface area (Å²) in [6.07, 6.45) is 1.67. The third-order valence-electron chi connectivity index (χ3n) is 3.01. The number of pyridine rings is 1. The maximum atomic E-state index is 12.2. The summed E-state index contributed by atoms with van der Waals surface area (Å²) in [6, 6.07) is 8.95. The Morgan fingerprint density at radius 2 is 1.86 bits per heavy atom. The first-order chi connectivity index (χ1) is 10.2. The lowest BCUT2D eigenvalue weighted by atomic mass is 10.2. The second kappa shape index (κ2) is 5.49. The van der Waals surface area contributed by atoms with E-state index in [1.54, 1.807) is 25.4 Å². The average molecular weight is 300 g/mol. The van der Waals surface area contributed by atoms with Gasteiger partial charge in [-0.3, -0.25) is 9.78 Å². The van der Waals surface area contributed by atoms with Gasteiger partial charge in [-0.25, -0.2) is 0 Å². The van der Waals surface area contributed by atoms with Crippen LogP contribution >= 0.6 is 11.3 Å². The molecule has 21 heavy (non-hydrogen) atoms. The lowest BCUT2D eigenvalue weighted by Crippen LogP contribution is -2.07. The molecule has 1 aromatic carbocycles. The van der Waals surface area contributed by atoms with Gasteiger partial charge in [-0.2, -0.15) is 4.98 Å². The van der Waals surface area contributed by atoms with Crippen molar-refractivity contribution in [2.24, 2.45) is 0 Å². The number of nitrogens with zero attached hydrogens (tertiary/aromatic N) is 2. The summed E-state index contributed by atoms with van der Waals surface area (Å²) < 4.78 is 11.3. The third-order valence-corrected chi connectivity index (χ3v) is 4.06. The fraction of sp³-hybridized carbons (Fsp3) is 0.133. The first-order valence-electron chi connectivity index (χ1n) is 6.21. The molecule has 0 amide bonds. The Morgan fingerprint density at radius 1 is 1.10 bits per heavy atom. The number of aromatic nitrogens is 2. The summed E-state index contributed by atoms with van der Waals surface area (Å²) in [6.45, 7) is 0. The second-order valence-electron chi connectivity index (χ2n) is 4.24. The fourth-order valence-electron chi connectivity index (χ4n) is 1.99. The summed E-state index contributed by atoms with van der Waals surface area (Å²) >= 11 is 1.39. The van der Waals surface area contributed by atoms with Gasteiger partial charge >= 0.3 is 0 Å². The first-order valence-corrected chi connectivity index (χ1v) is 7.03. The van der Waals surface area contributed by atoms with Crippen molar-refractivity contribution in [3.63, 3.8) is 0 Å². The molecule has 0 saturated carbocycles. The van der Waals surface area contributed by atoms with E-state index in [1.165, 1.54) is 18.4 Å². The van der Waals surface area contributed by atoms with Crippen LogP contribution < -0.4 is 15.0 Å². The molecule has 0 atom stereocenters. The van der Waals surface area contributed by atoms with E-state index in [0.717, 1.165) is 4.70 Å². The molecule has 0 unspecified atom stereocenters. The number of fused-ring (bicyclic) bond motifs is 1. The molecule has 0 radical (unpaired) electrons. The fourth-order valence-corrected chi connectivity index (χ4v) is 2.97. The Balaban J connectivity index is 2.27. The van der Waals surface area contributed by atoms with Crippen LogP contribution in [0.25, 0.3) is 20.8 Å². The number of hydrogen-bond acceptors (Lipinski definition) is 6. The quantitative estimate of drug-likeness (QED) is 0.744. The van der Waals surface area contributed by atoms with E-state index in [2.05, 4.69) is 9.97 Å². The normalized spacial score (nSPS) is 10.6. The van der Waals surface area contributed by atoms with Crippen LogP contribution in [0.1, 0.15) is 0 Å². The summed E-state index contributed by atoms with van der Waals surface area (Å²) in [4.78, 5) is 20.5. The number of benzene rings is 1. The van der Waals surface area contributed by atoms with Crippen molar-refractivity contribution in [2.45, 2.75) is 0 Å². The highest BCUT2D eigenvalue weighted by atomic mass is 32.1. The van der Waals surface area contributed by atoms with Crippen LogP contribution in [0, 0.1) is 0 Å². The van der Waals surface area contributed by atoms with Gasteiger partial charge in [0.1, 0.15) is 5.01 Å². The Labute approximate surface area is 124 Å². The molecule has 0 spiro atoms. The van der Waals surface area contributed by atoms with Gasteiger partial charge in [-0.1, -0.05) is 6.07 Å². The van der Waals surface area contributed by atoms with Crippen LogP contribution in [0.5, 0.6) is 11.5 Å². The van der Waals surface area contributed by atoms with Gasteiger partial charge in [0.05, 0.1) is 25.3 Å². The average Bonchev–Trinajstić information content (AvgIpc) is 2.54. The van der Waals surface area contributed by atoms with E-state index >= 15 is 0 Å². The van der Waals surface area contributed by atoms with Crippen LogP contribution in [0.3, 0.4) is 0 Å². The molecular formula is C15H12N2O3S. The zero-order chi connectivity index (χ0) is 14.8. The topological polar surface area (TPSA) is 61.3 Å². The minimum atomic E-state index is -0.301. The van der Waals surface area contributed by atoms with Gasteiger partial charge in [-0.05, 0) is 18.2 Å². The van der Waals surface area contributed by atoms with E-state index in [9.17, 15) is 4.79 Å². The van der Waals surface area contributed by atoms with E-state index in [0.29, 0.717) is 27.6 Å². The minimum Gasteiger partial charge on any atom is -0.493 e. The standard InChI is InChI=1S/C15H12N2O3S/c1-19-11-7-9-13(8-12(11)20-2)21-15(17-14(9)18)10-5-3-4-6-16-10/h3-8H,1-2H3. The third kappa shape index (κ3) is 2.45. The molecule has 106 valence electrons. The molecule has 3 aromatic rings. The van der Waals surface area contributed by atoms with Gasteiger partial charge < -0.3 is 9.47 Å². The van der Waals surface area contributed by atoms with Crippen molar-refractivity contribution in [1.29, 1.82) is 0 Å². The molecule has 0 aliphatic carbocycles. The molecular weight excluding hydrogens is 288 g/mol. The van der Waals surface area contributed by atoms with Gasteiger partial charge in [-0.15, -0.1) is 11.3 Å². The SMILES string of the molecule is COc1cc2sc(-c3ccccn3)nc(=O)c2cc1OC. The monoisotopic (exact) mass is 300 g/mol. The molecule has 3 rings (SSSR count). The van der Waals surface area contributed by atoms with E-state index < -0.39 is 0 Å². The molecule has 2 heterocycles. The molecule has 0 aliphatic rings. The molecule has 0 aliphatic heterocycles. The minimum absolute atomic E-state index is 0.301. The molecule has 5 nitrogen and oxygen atoms in total. The maximum Gasteiger partial charge on any atom is 0.279 e.